The van der Waals surface area contributed by atoms with Gasteiger partial charge in [-0.15, -0.1) is 0 Å². The molecule has 100 valence electrons. The van der Waals surface area contributed by atoms with E-state index in [2.05, 4.69) is 37.9 Å². The first-order chi connectivity index (χ1) is 8.99. The molecule has 0 aliphatic heterocycles. The maximum absolute atomic E-state index is 5.79. The Bertz CT molecular complexity index is 541. The van der Waals surface area contributed by atoms with E-state index in [1.807, 2.05) is 24.3 Å². The molecule has 0 spiro atoms. The fraction of sp³-hybridized carbons (Fsp3) is 0.312. The molecule has 2 rings (SSSR count). The first-order valence-electron chi connectivity index (χ1n) is 6.42. The quantitative estimate of drug-likeness (QED) is 0.912. The SMILES string of the molecule is CC(C)(C)c1ccc(Oc2ccnc(CN)c2)cc1. The molecule has 0 atom stereocenters. The van der Waals surface area contributed by atoms with Gasteiger partial charge in [0, 0.05) is 18.8 Å². The highest BCUT2D eigenvalue weighted by molar-refractivity contribution is 5.35. The van der Waals surface area contributed by atoms with Crippen molar-refractivity contribution in [1.82, 2.24) is 4.98 Å². The Kier molecular flexibility index (Phi) is 3.86. The summed E-state index contributed by atoms with van der Waals surface area (Å²) < 4.78 is 5.79. The highest BCUT2D eigenvalue weighted by Gasteiger charge is 2.13. The number of ether oxygens (including phenoxy) is 1. The topological polar surface area (TPSA) is 48.1 Å². The number of hydrogen-bond donors (Lipinski definition) is 1. The van der Waals surface area contributed by atoms with Crippen molar-refractivity contribution in [2.75, 3.05) is 0 Å². The van der Waals surface area contributed by atoms with Crippen molar-refractivity contribution < 1.29 is 4.74 Å². The van der Waals surface area contributed by atoms with Crippen LogP contribution in [0.3, 0.4) is 0 Å². The molecule has 19 heavy (non-hydrogen) atoms. The Morgan fingerprint density at radius 2 is 1.74 bits per heavy atom. The Morgan fingerprint density at radius 3 is 2.32 bits per heavy atom. The zero-order valence-electron chi connectivity index (χ0n) is 11.7. The van der Waals surface area contributed by atoms with Crippen molar-refractivity contribution in [3.05, 3.63) is 53.9 Å². The van der Waals surface area contributed by atoms with Gasteiger partial charge in [0.2, 0.25) is 0 Å². The summed E-state index contributed by atoms with van der Waals surface area (Å²) in [5.74, 6) is 1.58. The van der Waals surface area contributed by atoms with Crippen molar-refractivity contribution >= 4 is 0 Å². The van der Waals surface area contributed by atoms with Gasteiger partial charge in [0.15, 0.2) is 0 Å². The summed E-state index contributed by atoms with van der Waals surface area (Å²) in [7, 11) is 0. The van der Waals surface area contributed by atoms with Crippen molar-refractivity contribution in [3.63, 3.8) is 0 Å². The second kappa shape index (κ2) is 5.41. The summed E-state index contributed by atoms with van der Waals surface area (Å²) in [6.45, 7) is 7.00. The highest BCUT2D eigenvalue weighted by Crippen LogP contribution is 2.26. The molecule has 3 nitrogen and oxygen atoms in total. The zero-order chi connectivity index (χ0) is 13.9. The van der Waals surface area contributed by atoms with Crippen LogP contribution >= 0.6 is 0 Å². The van der Waals surface area contributed by atoms with Gasteiger partial charge in [-0.05, 0) is 29.2 Å². The third-order valence-electron chi connectivity index (χ3n) is 2.95. The van der Waals surface area contributed by atoms with E-state index >= 15 is 0 Å². The predicted molar refractivity (Wildman–Crippen MR) is 77.3 cm³/mol. The van der Waals surface area contributed by atoms with Gasteiger partial charge in [0.25, 0.3) is 0 Å². The van der Waals surface area contributed by atoms with Gasteiger partial charge in [0.05, 0.1) is 5.69 Å². The van der Waals surface area contributed by atoms with Gasteiger partial charge < -0.3 is 10.5 Å². The van der Waals surface area contributed by atoms with Crippen LogP contribution in [0.2, 0.25) is 0 Å². The minimum Gasteiger partial charge on any atom is -0.457 e. The molecule has 0 unspecified atom stereocenters. The molecule has 1 aromatic heterocycles. The van der Waals surface area contributed by atoms with Gasteiger partial charge in [-0.3, -0.25) is 4.98 Å². The molecular formula is C16H20N2O. The summed E-state index contributed by atoms with van der Waals surface area (Å²) >= 11 is 0. The van der Waals surface area contributed by atoms with Crippen LogP contribution in [0, 0.1) is 0 Å². The van der Waals surface area contributed by atoms with E-state index in [-0.39, 0.29) is 5.41 Å². The van der Waals surface area contributed by atoms with Crippen LogP contribution in [0.15, 0.2) is 42.6 Å². The van der Waals surface area contributed by atoms with E-state index in [4.69, 9.17) is 10.5 Å². The van der Waals surface area contributed by atoms with E-state index in [0.717, 1.165) is 17.2 Å². The van der Waals surface area contributed by atoms with Crippen LogP contribution in [0.25, 0.3) is 0 Å². The van der Waals surface area contributed by atoms with Crippen LogP contribution < -0.4 is 10.5 Å². The smallest absolute Gasteiger partial charge is 0.130 e. The molecule has 0 fully saturated rings. The number of hydrogen-bond acceptors (Lipinski definition) is 3. The fourth-order valence-corrected chi connectivity index (χ4v) is 1.79. The van der Waals surface area contributed by atoms with Gasteiger partial charge in [-0.25, -0.2) is 0 Å². The average Bonchev–Trinajstić information content (AvgIpc) is 2.38. The molecule has 0 aliphatic carbocycles. The summed E-state index contributed by atoms with van der Waals surface area (Å²) in [6.07, 6.45) is 1.71. The summed E-state index contributed by atoms with van der Waals surface area (Å²) in [5, 5.41) is 0. The fourth-order valence-electron chi connectivity index (χ4n) is 1.79. The molecule has 0 saturated carbocycles. The molecular weight excluding hydrogens is 236 g/mol. The maximum Gasteiger partial charge on any atom is 0.130 e. The molecule has 1 heterocycles. The summed E-state index contributed by atoms with van der Waals surface area (Å²) in [6, 6.07) is 11.9. The Labute approximate surface area is 114 Å². The Hall–Kier alpha value is -1.87. The van der Waals surface area contributed by atoms with Crippen molar-refractivity contribution in [1.29, 1.82) is 0 Å². The molecule has 0 bridgehead atoms. The summed E-state index contributed by atoms with van der Waals surface area (Å²) in [5.41, 5.74) is 7.83. The number of nitrogens with zero attached hydrogens (tertiary/aromatic N) is 1. The minimum atomic E-state index is 0.155. The highest BCUT2D eigenvalue weighted by atomic mass is 16.5. The molecule has 0 saturated heterocycles. The van der Waals surface area contributed by atoms with Gasteiger partial charge in [-0.1, -0.05) is 32.9 Å². The Balaban J connectivity index is 2.15. The van der Waals surface area contributed by atoms with Crippen molar-refractivity contribution in [2.24, 2.45) is 5.73 Å². The lowest BCUT2D eigenvalue weighted by atomic mass is 9.87. The van der Waals surface area contributed by atoms with Crippen molar-refractivity contribution in [3.8, 4) is 11.5 Å². The third kappa shape index (κ3) is 3.55. The van der Waals surface area contributed by atoms with Crippen molar-refractivity contribution in [2.45, 2.75) is 32.7 Å². The van der Waals surface area contributed by atoms with E-state index in [9.17, 15) is 0 Å². The van der Waals surface area contributed by atoms with Crippen LogP contribution in [-0.4, -0.2) is 4.98 Å². The molecule has 3 heteroatoms. The van der Waals surface area contributed by atoms with E-state index in [1.54, 1.807) is 6.20 Å². The first-order valence-corrected chi connectivity index (χ1v) is 6.42. The number of rotatable bonds is 3. The number of pyridine rings is 1. The third-order valence-corrected chi connectivity index (χ3v) is 2.95. The number of nitrogens with two attached hydrogens (primary N) is 1. The van der Waals surface area contributed by atoms with E-state index in [1.165, 1.54) is 5.56 Å². The monoisotopic (exact) mass is 256 g/mol. The van der Waals surface area contributed by atoms with Gasteiger partial charge in [-0.2, -0.15) is 0 Å². The first kappa shape index (κ1) is 13.6. The molecule has 1 aromatic carbocycles. The predicted octanol–water partition coefficient (Wildman–Crippen LogP) is 3.63. The standard InChI is InChI=1S/C16H20N2O/c1-16(2,3)12-4-6-14(7-5-12)19-15-8-9-18-13(10-15)11-17/h4-10H,11,17H2,1-3H3. The minimum absolute atomic E-state index is 0.155. The number of aromatic nitrogens is 1. The molecule has 2 aromatic rings. The molecule has 2 N–H and O–H groups in total. The normalized spacial score (nSPS) is 11.4. The maximum atomic E-state index is 5.79. The lowest BCUT2D eigenvalue weighted by molar-refractivity contribution is 0.479. The molecule has 0 radical (unpaired) electrons. The second-order valence-electron chi connectivity index (χ2n) is 5.56. The second-order valence-corrected chi connectivity index (χ2v) is 5.56. The zero-order valence-corrected chi connectivity index (χ0v) is 11.7. The van der Waals surface area contributed by atoms with Gasteiger partial charge in [0.1, 0.15) is 11.5 Å². The largest absolute Gasteiger partial charge is 0.457 e. The van der Waals surface area contributed by atoms with Crippen LogP contribution in [0.4, 0.5) is 0 Å². The Morgan fingerprint density at radius 1 is 1.05 bits per heavy atom. The van der Waals surface area contributed by atoms with E-state index in [0.29, 0.717) is 6.54 Å². The molecule has 0 amide bonds. The van der Waals surface area contributed by atoms with Crippen LogP contribution in [0.1, 0.15) is 32.0 Å². The van der Waals surface area contributed by atoms with Gasteiger partial charge >= 0.3 is 0 Å². The van der Waals surface area contributed by atoms with E-state index < -0.39 is 0 Å². The summed E-state index contributed by atoms with van der Waals surface area (Å²) in [4.78, 5) is 4.14. The lowest BCUT2D eigenvalue weighted by Gasteiger charge is -2.19. The lowest BCUT2D eigenvalue weighted by Crippen LogP contribution is -2.10. The van der Waals surface area contributed by atoms with Crippen LogP contribution in [-0.2, 0) is 12.0 Å². The van der Waals surface area contributed by atoms with Crippen LogP contribution in [0.5, 0.6) is 11.5 Å². The number of benzene rings is 1. The molecule has 0 aliphatic rings. The average molecular weight is 256 g/mol.